The molecule has 47 heavy (non-hydrogen) atoms. The fourth-order valence-corrected chi connectivity index (χ4v) is 6.53. The summed E-state index contributed by atoms with van der Waals surface area (Å²) in [5, 5.41) is 12.8. The first-order valence-corrected chi connectivity index (χ1v) is 16.6. The molecule has 0 aliphatic carbocycles. The second-order valence-corrected chi connectivity index (χ2v) is 12.4. The van der Waals surface area contributed by atoms with E-state index in [2.05, 4.69) is 4.98 Å². The van der Waals surface area contributed by atoms with Crippen LogP contribution in [-0.2, 0) is 43.2 Å². The van der Waals surface area contributed by atoms with E-state index in [9.17, 15) is 24.3 Å². The molecule has 0 spiro atoms. The smallest absolute Gasteiger partial charge is 0.325 e. The van der Waals surface area contributed by atoms with E-state index < -0.39 is 17.9 Å². The zero-order valence-electron chi connectivity index (χ0n) is 26.6. The van der Waals surface area contributed by atoms with Gasteiger partial charge in [-0.25, -0.2) is 0 Å². The summed E-state index contributed by atoms with van der Waals surface area (Å²) in [6.07, 6.45) is 3.04. The van der Waals surface area contributed by atoms with Gasteiger partial charge in [-0.05, 0) is 79.1 Å². The number of fused-ring (bicyclic) bond motifs is 1. The minimum absolute atomic E-state index is 0.0654. The zero-order valence-corrected chi connectivity index (χ0v) is 27.5. The van der Waals surface area contributed by atoms with Gasteiger partial charge in [0.1, 0.15) is 24.1 Å². The molecular weight excluding hydrogens is 620 g/mol. The molecule has 12 heteroatoms. The number of aromatic nitrogens is 1. The number of benzene rings is 2. The molecular formula is C35H40N4O7S. The van der Waals surface area contributed by atoms with Crippen molar-refractivity contribution in [3.63, 3.8) is 0 Å². The van der Waals surface area contributed by atoms with E-state index in [1.807, 2.05) is 48.0 Å². The summed E-state index contributed by atoms with van der Waals surface area (Å²) in [5.74, 6) is -0.639. The first kappa shape index (κ1) is 33.5. The lowest BCUT2D eigenvalue weighted by Crippen LogP contribution is -2.61. The van der Waals surface area contributed by atoms with Crippen molar-refractivity contribution in [2.75, 3.05) is 46.4 Å². The lowest BCUT2D eigenvalue weighted by Gasteiger charge is -2.40. The number of methoxy groups -OCH3 is 1. The van der Waals surface area contributed by atoms with Crippen LogP contribution in [0.5, 0.6) is 11.5 Å². The number of thiophene rings is 1. The van der Waals surface area contributed by atoms with E-state index in [-0.39, 0.29) is 50.2 Å². The number of phenols is 1. The van der Waals surface area contributed by atoms with Gasteiger partial charge >= 0.3 is 5.97 Å². The van der Waals surface area contributed by atoms with Gasteiger partial charge in [-0.1, -0.05) is 18.2 Å². The molecule has 11 nitrogen and oxygen atoms in total. The maximum atomic E-state index is 14.0. The molecule has 2 aromatic heterocycles. The number of carbonyl (C=O) groups is 4. The molecule has 1 aliphatic rings. The number of hydrogen-bond acceptors (Lipinski definition) is 8. The number of amides is 3. The Morgan fingerprint density at radius 1 is 1.06 bits per heavy atom. The van der Waals surface area contributed by atoms with Crippen LogP contribution in [0.4, 0.5) is 0 Å². The number of phenolic OH excluding ortho intramolecular Hbond substituents is 1. The van der Waals surface area contributed by atoms with Crippen molar-refractivity contribution in [1.29, 1.82) is 0 Å². The Morgan fingerprint density at radius 3 is 2.60 bits per heavy atom. The van der Waals surface area contributed by atoms with Crippen LogP contribution >= 0.6 is 11.3 Å². The molecule has 0 saturated carbocycles. The van der Waals surface area contributed by atoms with Gasteiger partial charge in [-0.15, -0.1) is 11.3 Å². The molecule has 2 N–H and O–H groups in total. The molecule has 248 valence electrons. The highest BCUT2D eigenvalue weighted by atomic mass is 32.1. The summed E-state index contributed by atoms with van der Waals surface area (Å²) >= 11 is 1.57. The summed E-state index contributed by atoms with van der Waals surface area (Å²) in [6, 6.07) is 15.5. The van der Waals surface area contributed by atoms with Gasteiger partial charge in [-0.2, -0.15) is 0 Å². The first-order valence-electron chi connectivity index (χ1n) is 15.7. The minimum atomic E-state index is -1.01. The Kier molecular flexibility index (Phi) is 11.2. The Hall–Kier alpha value is -4.84. The summed E-state index contributed by atoms with van der Waals surface area (Å²) in [5.41, 5.74) is 2.69. The predicted octanol–water partition coefficient (Wildman–Crippen LogP) is 3.79. The number of ether oxygens (including phenoxy) is 2. The Bertz CT molecular complexity index is 1690. The van der Waals surface area contributed by atoms with Crippen LogP contribution in [0.15, 0.2) is 66.2 Å². The van der Waals surface area contributed by atoms with E-state index in [0.717, 1.165) is 32.7 Å². The highest BCUT2D eigenvalue weighted by Crippen LogP contribution is 2.24. The number of piperazine rings is 1. The van der Waals surface area contributed by atoms with Crippen LogP contribution < -0.4 is 4.74 Å². The third-order valence-corrected chi connectivity index (χ3v) is 9.31. The lowest BCUT2D eigenvalue weighted by molar-refractivity contribution is -0.158. The molecule has 1 saturated heterocycles. The number of aromatic hydroxyl groups is 1. The van der Waals surface area contributed by atoms with Crippen molar-refractivity contribution in [1.82, 2.24) is 19.7 Å². The van der Waals surface area contributed by atoms with Crippen LogP contribution in [0.2, 0.25) is 0 Å². The number of aromatic amines is 1. The monoisotopic (exact) mass is 660 g/mol. The Balaban J connectivity index is 1.34. The zero-order chi connectivity index (χ0) is 33.3. The quantitative estimate of drug-likeness (QED) is 0.186. The van der Waals surface area contributed by atoms with E-state index in [1.165, 1.54) is 14.7 Å². The van der Waals surface area contributed by atoms with Gasteiger partial charge in [0.25, 0.3) is 0 Å². The van der Waals surface area contributed by atoms with E-state index in [0.29, 0.717) is 32.4 Å². The number of hydrogen-bond donors (Lipinski definition) is 2. The molecule has 1 aliphatic heterocycles. The highest BCUT2D eigenvalue weighted by molar-refractivity contribution is 7.09. The molecule has 2 aromatic carbocycles. The molecule has 3 heterocycles. The maximum Gasteiger partial charge on any atom is 0.325 e. The molecule has 1 fully saturated rings. The van der Waals surface area contributed by atoms with Gasteiger partial charge < -0.3 is 34.3 Å². The number of rotatable bonds is 15. The van der Waals surface area contributed by atoms with Crippen molar-refractivity contribution in [2.45, 2.75) is 38.6 Å². The number of nitrogens with zero attached hydrogens (tertiary/aromatic N) is 3. The standard InChI is InChI=1S/C35H40N4O7S/c1-3-46-34(43)23-37(16-13-25-21-36-30-11-8-26(40)19-29(25)30)32(41)20-31-35(44)38(15-12-24-6-9-27(45-2)10-7-24)22-33(42)39(31)17-14-28-5-4-18-47-28/h4-11,18-19,21,31,36,40H,3,12-17,20,22-23H2,1-2H3. The summed E-state index contributed by atoms with van der Waals surface area (Å²) in [4.78, 5) is 62.8. The largest absolute Gasteiger partial charge is 0.508 e. The highest BCUT2D eigenvalue weighted by Gasteiger charge is 2.41. The molecule has 0 radical (unpaired) electrons. The van der Waals surface area contributed by atoms with Gasteiger partial charge in [0.05, 0.1) is 26.7 Å². The fourth-order valence-electron chi connectivity index (χ4n) is 5.84. The van der Waals surface area contributed by atoms with E-state index in [4.69, 9.17) is 9.47 Å². The van der Waals surface area contributed by atoms with Crippen molar-refractivity contribution in [3.05, 3.63) is 82.2 Å². The normalized spacial score (nSPS) is 14.9. The van der Waals surface area contributed by atoms with Crippen LogP contribution in [0, 0.1) is 0 Å². The van der Waals surface area contributed by atoms with E-state index >= 15 is 0 Å². The first-order chi connectivity index (χ1) is 22.7. The van der Waals surface area contributed by atoms with Crippen molar-refractivity contribution >= 4 is 45.9 Å². The molecule has 5 rings (SSSR count). The van der Waals surface area contributed by atoms with Crippen LogP contribution in [0.1, 0.15) is 29.3 Å². The second-order valence-electron chi connectivity index (χ2n) is 11.4. The third-order valence-electron chi connectivity index (χ3n) is 8.38. The average molecular weight is 661 g/mol. The summed E-state index contributed by atoms with van der Waals surface area (Å²) in [7, 11) is 1.60. The number of esters is 1. The minimum Gasteiger partial charge on any atom is -0.508 e. The van der Waals surface area contributed by atoms with Crippen LogP contribution in [0.3, 0.4) is 0 Å². The number of carbonyl (C=O) groups excluding carboxylic acids is 4. The molecule has 0 bridgehead atoms. The number of nitrogens with one attached hydrogen (secondary N) is 1. The molecule has 1 unspecified atom stereocenters. The average Bonchev–Trinajstić information content (AvgIpc) is 3.74. The SMILES string of the molecule is CCOC(=O)CN(CCc1c[nH]c2ccc(O)cc12)C(=O)CC1C(=O)N(CCc2ccc(OC)cc2)CC(=O)N1CCc1cccs1. The van der Waals surface area contributed by atoms with Gasteiger partial charge in [-0.3, -0.25) is 19.2 Å². The Labute approximate surface area is 277 Å². The van der Waals surface area contributed by atoms with E-state index in [1.54, 1.807) is 43.6 Å². The second kappa shape index (κ2) is 15.6. The van der Waals surface area contributed by atoms with Gasteiger partial charge in [0, 0.05) is 41.6 Å². The summed E-state index contributed by atoms with van der Waals surface area (Å²) in [6.45, 7) is 2.30. The van der Waals surface area contributed by atoms with Crippen molar-refractivity contribution in [3.8, 4) is 11.5 Å². The topological polar surface area (TPSA) is 132 Å². The summed E-state index contributed by atoms with van der Waals surface area (Å²) < 4.78 is 10.4. The predicted molar refractivity (Wildman–Crippen MR) is 178 cm³/mol. The fraction of sp³-hybridized carbons (Fsp3) is 0.371. The van der Waals surface area contributed by atoms with Crippen LogP contribution in [-0.4, -0.2) is 101 Å². The van der Waals surface area contributed by atoms with Gasteiger partial charge in [0.2, 0.25) is 17.7 Å². The maximum absolute atomic E-state index is 14.0. The molecule has 3 amide bonds. The molecule has 4 aromatic rings. The van der Waals surface area contributed by atoms with Crippen molar-refractivity contribution in [2.24, 2.45) is 0 Å². The van der Waals surface area contributed by atoms with Crippen LogP contribution in [0.25, 0.3) is 10.9 Å². The Morgan fingerprint density at radius 2 is 1.87 bits per heavy atom. The van der Waals surface area contributed by atoms with Gasteiger partial charge in [0.15, 0.2) is 0 Å². The molecule has 1 atom stereocenters. The van der Waals surface area contributed by atoms with Crippen molar-refractivity contribution < 1.29 is 33.8 Å². The number of H-pyrrole nitrogens is 1. The lowest BCUT2D eigenvalue weighted by atomic mass is 10.0. The third kappa shape index (κ3) is 8.50.